The molecule has 1 aromatic carbocycles. The number of carbonyl (C=O) groups is 2. The van der Waals surface area contributed by atoms with E-state index in [4.69, 9.17) is 5.10 Å². The third-order valence-electron chi connectivity index (χ3n) is 6.09. The first-order valence-electron chi connectivity index (χ1n) is 10.9. The number of hydrogen-bond acceptors (Lipinski definition) is 5. The number of rotatable bonds is 6. The van der Waals surface area contributed by atoms with Gasteiger partial charge in [0.1, 0.15) is 0 Å². The van der Waals surface area contributed by atoms with Crippen LogP contribution in [0, 0.1) is 6.92 Å². The molecule has 0 spiro atoms. The van der Waals surface area contributed by atoms with Gasteiger partial charge < -0.3 is 5.32 Å². The number of para-hydroxylation sites is 1. The zero-order valence-corrected chi connectivity index (χ0v) is 18.5. The molecule has 0 radical (unpaired) electrons. The molecule has 5 rings (SSSR count). The van der Waals surface area contributed by atoms with Gasteiger partial charge >= 0.3 is 0 Å². The van der Waals surface area contributed by atoms with Crippen molar-refractivity contribution >= 4 is 23.0 Å². The molecule has 0 saturated carbocycles. The monoisotopic (exact) mass is 434 g/mol. The van der Waals surface area contributed by atoms with E-state index in [-0.39, 0.29) is 18.2 Å². The highest BCUT2D eigenvalue weighted by Gasteiger charge is 2.27. The van der Waals surface area contributed by atoms with E-state index < -0.39 is 0 Å². The fourth-order valence-corrected chi connectivity index (χ4v) is 5.83. The second-order valence-corrected chi connectivity index (χ2v) is 9.38. The molecule has 0 bridgehead atoms. The van der Waals surface area contributed by atoms with Crippen LogP contribution in [0.1, 0.15) is 39.5 Å². The molecule has 1 N–H and O–H groups in total. The molecule has 3 aromatic rings. The summed E-state index contributed by atoms with van der Waals surface area (Å²) in [5.41, 5.74) is 5.59. The number of aromatic nitrogens is 2. The van der Waals surface area contributed by atoms with Crippen molar-refractivity contribution in [3.05, 3.63) is 58.2 Å². The van der Waals surface area contributed by atoms with E-state index in [1.165, 1.54) is 22.6 Å². The number of likely N-dealkylation sites (tertiary alicyclic amines) is 1. The van der Waals surface area contributed by atoms with Gasteiger partial charge in [-0.05, 0) is 69.5 Å². The SMILES string of the molecule is Cc1nn(-c2ccccc2)c2c1-c1sc(C(=O)NCC(=O)CN3CCCC3)cc1CC2. The molecule has 160 valence electrons. The molecule has 2 aromatic heterocycles. The third kappa shape index (κ3) is 3.95. The predicted octanol–water partition coefficient (Wildman–Crippen LogP) is 3.40. The highest BCUT2D eigenvalue weighted by molar-refractivity contribution is 7.17. The Bertz CT molecular complexity index is 1130. The van der Waals surface area contributed by atoms with Crippen molar-refractivity contribution in [1.82, 2.24) is 20.0 Å². The highest BCUT2D eigenvalue weighted by Crippen LogP contribution is 2.42. The molecule has 3 heterocycles. The Morgan fingerprint density at radius 2 is 1.90 bits per heavy atom. The molecule has 0 atom stereocenters. The largest absolute Gasteiger partial charge is 0.344 e. The van der Waals surface area contributed by atoms with Gasteiger partial charge in [-0.2, -0.15) is 5.10 Å². The smallest absolute Gasteiger partial charge is 0.261 e. The number of benzene rings is 1. The highest BCUT2D eigenvalue weighted by atomic mass is 32.1. The number of fused-ring (bicyclic) bond motifs is 3. The van der Waals surface area contributed by atoms with Crippen molar-refractivity contribution in [3.63, 3.8) is 0 Å². The first-order chi connectivity index (χ1) is 15.1. The summed E-state index contributed by atoms with van der Waals surface area (Å²) < 4.78 is 2.03. The van der Waals surface area contributed by atoms with E-state index in [1.54, 1.807) is 0 Å². The van der Waals surface area contributed by atoms with Crippen LogP contribution in [-0.2, 0) is 17.6 Å². The number of hydrogen-bond donors (Lipinski definition) is 1. The summed E-state index contributed by atoms with van der Waals surface area (Å²) >= 11 is 1.51. The maximum absolute atomic E-state index is 12.7. The first kappa shape index (κ1) is 20.2. The summed E-state index contributed by atoms with van der Waals surface area (Å²) in [6.45, 7) is 4.52. The summed E-state index contributed by atoms with van der Waals surface area (Å²) in [5, 5.41) is 7.62. The van der Waals surface area contributed by atoms with Crippen LogP contribution >= 0.6 is 11.3 Å². The lowest BCUT2D eigenvalue weighted by atomic mass is 9.95. The summed E-state index contributed by atoms with van der Waals surface area (Å²) in [6, 6.07) is 12.2. The van der Waals surface area contributed by atoms with Crippen LogP contribution in [0.3, 0.4) is 0 Å². The number of carbonyl (C=O) groups excluding carboxylic acids is 2. The van der Waals surface area contributed by atoms with Gasteiger partial charge in [0.15, 0.2) is 5.78 Å². The molecular weight excluding hydrogens is 408 g/mol. The van der Waals surface area contributed by atoms with Gasteiger partial charge in [0, 0.05) is 10.4 Å². The fourth-order valence-electron chi connectivity index (χ4n) is 4.59. The second-order valence-electron chi connectivity index (χ2n) is 8.32. The number of aryl methyl sites for hydroxylation is 2. The van der Waals surface area contributed by atoms with E-state index in [9.17, 15) is 9.59 Å². The van der Waals surface area contributed by atoms with E-state index in [2.05, 4.69) is 22.3 Å². The summed E-state index contributed by atoms with van der Waals surface area (Å²) in [5.74, 6) is -0.0948. The van der Waals surface area contributed by atoms with E-state index >= 15 is 0 Å². The van der Waals surface area contributed by atoms with Crippen LogP contribution < -0.4 is 5.32 Å². The van der Waals surface area contributed by atoms with Crippen molar-refractivity contribution in [2.75, 3.05) is 26.2 Å². The average molecular weight is 435 g/mol. The second kappa shape index (κ2) is 8.40. The van der Waals surface area contributed by atoms with E-state index in [0.29, 0.717) is 11.4 Å². The standard InChI is InChI=1S/C24H26N4O2S/c1-16-22-20(28(26-16)18-7-3-2-4-8-18)10-9-17-13-21(31-23(17)22)24(30)25-14-19(29)15-27-11-5-6-12-27/h2-4,7-8,13H,5-6,9-12,14-15H2,1H3,(H,25,30). The molecule has 1 saturated heterocycles. The molecule has 1 fully saturated rings. The maximum atomic E-state index is 12.7. The number of Topliss-reactive ketones (excluding diaryl/α,β-unsaturated/α-hetero) is 1. The molecular formula is C24H26N4O2S. The summed E-state index contributed by atoms with van der Waals surface area (Å²) in [6.07, 6.45) is 4.09. The van der Waals surface area contributed by atoms with Crippen LogP contribution in [0.25, 0.3) is 16.1 Å². The minimum Gasteiger partial charge on any atom is -0.344 e. The van der Waals surface area contributed by atoms with E-state index in [1.807, 2.05) is 35.9 Å². The van der Waals surface area contributed by atoms with Crippen LogP contribution in [0.2, 0.25) is 0 Å². The number of thiophene rings is 1. The Hall–Kier alpha value is -2.77. The van der Waals surface area contributed by atoms with Crippen molar-refractivity contribution in [1.29, 1.82) is 0 Å². The van der Waals surface area contributed by atoms with Gasteiger partial charge in [0.25, 0.3) is 5.91 Å². The van der Waals surface area contributed by atoms with Gasteiger partial charge in [-0.15, -0.1) is 11.3 Å². The van der Waals surface area contributed by atoms with Gasteiger partial charge in [-0.1, -0.05) is 18.2 Å². The maximum Gasteiger partial charge on any atom is 0.261 e. The predicted molar refractivity (Wildman–Crippen MR) is 122 cm³/mol. The molecule has 7 heteroatoms. The van der Waals surface area contributed by atoms with Gasteiger partial charge in [0.05, 0.1) is 35.0 Å². The van der Waals surface area contributed by atoms with Crippen LogP contribution in [0.15, 0.2) is 36.4 Å². The topological polar surface area (TPSA) is 67.2 Å². The van der Waals surface area contributed by atoms with Crippen LogP contribution in [0.5, 0.6) is 0 Å². The average Bonchev–Trinajstić information content (AvgIpc) is 3.51. The Kier molecular flexibility index (Phi) is 5.46. The Morgan fingerprint density at radius 1 is 1.13 bits per heavy atom. The van der Waals surface area contributed by atoms with Crippen LogP contribution in [-0.4, -0.2) is 52.5 Å². The van der Waals surface area contributed by atoms with Crippen molar-refractivity contribution in [3.8, 4) is 16.1 Å². The molecule has 1 aliphatic carbocycles. The normalized spacial score (nSPS) is 15.5. The summed E-state index contributed by atoms with van der Waals surface area (Å²) in [7, 11) is 0. The molecule has 1 aliphatic heterocycles. The quantitative estimate of drug-likeness (QED) is 0.646. The Morgan fingerprint density at radius 3 is 2.68 bits per heavy atom. The number of nitrogens with one attached hydrogen (secondary N) is 1. The van der Waals surface area contributed by atoms with Gasteiger partial charge in [0.2, 0.25) is 0 Å². The minimum absolute atomic E-state index is 0.0684. The molecule has 0 unspecified atom stereocenters. The number of ketones is 1. The van der Waals surface area contributed by atoms with Crippen molar-refractivity contribution < 1.29 is 9.59 Å². The zero-order chi connectivity index (χ0) is 21.4. The summed E-state index contributed by atoms with van der Waals surface area (Å²) in [4.78, 5) is 28.9. The lowest BCUT2D eigenvalue weighted by molar-refractivity contribution is -0.119. The molecule has 31 heavy (non-hydrogen) atoms. The Labute approximate surface area is 185 Å². The van der Waals surface area contributed by atoms with Gasteiger partial charge in [-0.3, -0.25) is 14.5 Å². The minimum atomic E-state index is -0.163. The van der Waals surface area contributed by atoms with Crippen LogP contribution in [0.4, 0.5) is 0 Å². The lowest BCUT2D eigenvalue weighted by Gasteiger charge is -2.14. The Balaban J connectivity index is 1.33. The van der Waals surface area contributed by atoms with Crippen molar-refractivity contribution in [2.45, 2.75) is 32.6 Å². The fraction of sp³-hybridized carbons (Fsp3) is 0.375. The molecule has 6 nitrogen and oxygen atoms in total. The lowest BCUT2D eigenvalue weighted by Crippen LogP contribution is -2.35. The molecule has 2 aliphatic rings. The number of amides is 1. The first-order valence-corrected chi connectivity index (χ1v) is 11.7. The third-order valence-corrected chi connectivity index (χ3v) is 7.29. The number of nitrogens with zero attached hydrogens (tertiary/aromatic N) is 3. The van der Waals surface area contributed by atoms with E-state index in [0.717, 1.165) is 60.6 Å². The zero-order valence-electron chi connectivity index (χ0n) is 17.7. The van der Waals surface area contributed by atoms with Gasteiger partial charge in [-0.25, -0.2) is 4.68 Å². The van der Waals surface area contributed by atoms with Crippen molar-refractivity contribution in [2.24, 2.45) is 0 Å². The molecule has 1 amide bonds.